The predicted molar refractivity (Wildman–Crippen MR) is 62.0 cm³/mol. The van der Waals surface area contributed by atoms with Gasteiger partial charge in [-0.15, -0.1) is 0 Å². The minimum atomic E-state index is -1.37. The first-order chi connectivity index (χ1) is 6.40. The summed E-state index contributed by atoms with van der Waals surface area (Å²) < 4.78 is 11.6. The summed E-state index contributed by atoms with van der Waals surface area (Å²) in [6.45, 7) is 9.07. The van der Waals surface area contributed by atoms with Crippen molar-refractivity contribution < 1.29 is 9.16 Å². The summed E-state index contributed by atoms with van der Waals surface area (Å²) in [5.41, 5.74) is 0. The number of hydrogen-bond donors (Lipinski definition) is 0. The molecule has 1 aliphatic carbocycles. The Labute approximate surface area is 89.1 Å². The zero-order chi connectivity index (χ0) is 10.8. The van der Waals surface area contributed by atoms with Crippen LogP contribution in [0.15, 0.2) is 0 Å². The molecule has 0 aromatic carbocycles. The summed E-state index contributed by atoms with van der Waals surface area (Å²) in [7, 11) is 0.442. The molecule has 1 rings (SSSR count). The molecular formula is C11H24O2Si. The second kappa shape index (κ2) is 4.77. The lowest BCUT2D eigenvalue weighted by atomic mass is 9.87. The topological polar surface area (TPSA) is 18.5 Å². The average Bonchev–Trinajstić information content (AvgIpc) is 1.99. The van der Waals surface area contributed by atoms with Crippen LogP contribution in [-0.4, -0.2) is 27.6 Å². The van der Waals surface area contributed by atoms with Crippen molar-refractivity contribution in [1.82, 2.24) is 0 Å². The fourth-order valence-corrected chi connectivity index (χ4v) is 3.46. The van der Waals surface area contributed by atoms with Crippen molar-refractivity contribution in [2.75, 3.05) is 7.11 Å². The molecule has 1 saturated carbocycles. The standard InChI is InChI=1S/C11H24O2Si/c1-9-6-10(12-2)8-11(7-9)13-14(3,4)5/h9-11H,6-8H2,1-5H3/t9-,10-,11+/m1/s1. The van der Waals surface area contributed by atoms with Gasteiger partial charge in [0.15, 0.2) is 8.32 Å². The van der Waals surface area contributed by atoms with Gasteiger partial charge in [0.1, 0.15) is 0 Å². The van der Waals surface area contributed by atoms with E-state index in [4.69, 9.17) is 9.16 Å². The van der Waals surface area contributed by atoms with E-state index in [1.807, 2.05) is 7.11 Å². The van der Waals surface area contributed by atoms with E-state index in [0.717, 1.165) is 12.3 Å². The van der Waals surface area contributed by atoms with Crippen molar-refractivity contribution in [3.63, 3.8) is 0 Å². The Morgan fingerprint density at radius 2 is 1.57 bits per heavy atom. The highest BCUT2D eigenvalue weighted by Crippen LogP contribution is 2.29. The lowest BCUT2D eigenvalue weighted by molar-refractivity contribution is -0.000431. The first-order valence-corrected chi connectivity index (χ1v) is 9.02. The molecule has 0 heterocycles. The van der Waals surface area contributed by atoms with Gasteiger partial charge in [-0.3, -0.25) is 0 Å². The van der Waals surface area contributed by atoms with Crippen LogP contribution in [0.3, 0.4) is 0 Å². The minimum Gasteiger partial charge on any atom is -0.415 e. The largest absolute Gasteiger partial charge is 0.415 e. The van der Waals surface area contributed by atoms with Gasteiger partial charge in [-0.1, -0.05) is 6.92 Å². The molecule has 14 heavy (non-hydrogen) atoms. The summed E-state index contributed by atoms with van der Waals surface area (Å²) in [5, 5.41) is 0. The fourth-order valence-electron chi connectivity index (χ4n) is 2.27. The Hall–Kier alpha value is 0.137. The minimum absolute atomic E-state index is 0.417. The van der Waals surface area contributed by atoms with Crippen molar-refractivity contribution >= 4 is 8.32 Å². The molecule has 84 valence electrons. The fraction of sp³-hybridized carbons (Fsp3) is 1.00. The molecule has 3 heteroatoms. The molecule has 0 saturated heterocycles. The van der Waals surface area contributed by atoms with E-state index >= 15 is 0 Å². The lowest BCUT2D eigenvalue weighted by Crippen LogP contribution is -2.38. The van der Waals surface area contributed by atoms with Gasteiger partial charge in [-0.25, -0.2) is 0 Å². The van der Waals surface area contributed by atoms with Gasteiger partial charge < -0.3 is 9.16 Å². The molecule has 2 nitrogen and oxygen atoms in total. The molecular weight excluding hydrogens is 192 g/mol. The summed E-state index contributed by atoms with van der Waals surface area (Å²) in [4.78, 5) is 0. The van der Waals surface area contributed by atoms with E-state index < -0.39 is 8.32 Å². The average molecular weight is 216 g/mol. The van der Waals surface area contributed by atoms with Crippen LogP contribution < -0.4 is 0 Å². The van der Waals surface area contributed by atoms with Crippen LogP contribution in [0.5, 0.6) is 0 Å². The van der Waals surface area contributed by atoms with E-state index in [-0.39, 0.29) is 0 Å². The Bertz CT molecular complexity index is 177. The van der Waals surface area contributed by atoms with Crippen molar-refractivity contribution in [1.29, 1.82) is 0 Å². The van der Waals surface area contributed by atoms with Gasteiger partial charge in [0.2, 0.25) is 0 Å². The number of rotatable bonds is 3. The zero-order valence-corrected chi connectivity index (χ0v) is 11.2. The smallest absolute Gasteiger partial charge is 0.184 e. The van der Waals surface area contributed by atoms with E-state index in [2.05, 4.69) is 26.6 Å². The second-order valence-electron chi connectivity index (χ2n) is 5.52. The maximum atomic E-state index is 6.14. The lowest BCUT2D eigenvalue weighted by Gasteiger charge is -2.36. The molecule has 0 bridgehead atoms. The maximum absolute atomic E-state index is 6.14. The second-order valence-corrected chi connectivity index (χ2v) is 9.98. The molecule has 0 aromatic heterocycles. The van der Waals surface area contributed by atoms with Crippen LogP contribution in [-0.2, 0) is 9.16 Å². The summed E-state index contributed by atoms with van der Waals surface area (Å²) in [6.07, 6.45) is 4.35. The predicted octanol–water partition coefficient (Wildman–Crippen LogP) is 3.04. The monoisotopic (exact) mass is 216 g/mol. The molecule has 3 atom stereocenters. The van der Waals surface area contributed by atoms with Gasteiger partial charge in [0.25, 0.3) is 0 Å². The first-order valence-electron chi connectivity index (χ1n) is 5.61. The third kappa shape index (κ3) is 4.11. The molecule has 0 amide bonds. The van der Waals surface area contributed by atoms with Crippen LogP contribution in [0.25, 0.3) is 0 Å². The summed E-state index contributed by atoms with van der Waals surface area (Å²) in [6, 6.07) is 0. The Morgan fingerprint density at radius 1 is 1.00 bits per heavy atom. The highest BCUT2D eigenvalue weighted by molar-refractivity contribution is 6.69. The molecule has 0 unspecified atom stereocenters. The van der Waals surface area contributed by atoms with Crippen molar-refractivity contribution in [2.24, 2.45) is 5.92 Å². The van der Waals surface area contributed by atoms with Gasteiger partial charge in [0.05, 0.1) is 6.10 Å². The Balaban J connectivity index is 2.45. The van der Waals surface area contributed by atoms with Crippen LogP contribution in [0.4, 0.5) is 0 Å². The molecule has 1 aliphatic rings. The van der Waals surface area contributed by atoms with E-state index in [0.29, 0.717) is 12.2 Å². The molecule has 0 spiro atoms. The third-order valence-corrected chi connectivity index (χ3v) is 3.75. The molecule has 0 aliphatic heterocycles. The Kier molecular flexibility index (Phi) is 4.16. The van der Waals surface area contributed by atoms with Crippen molar-refractivity contribution in [2.45, 2.75) is 58.0 Å². The third-order valence-electron chi connectivity index (χ3n) is 2.71. The van der Waals surface area contributed by atoms with E-state index in [9.17, 15) is 0 Å². The van der Waals surface area contributed by atoms with Crippen LogP contribution in [0, 0.1) is 5.92 Å². The van der Waals surface area contributed by atoms with Gasteiger partial charge >= 0.3 is 0 Å². The molecule has 0 radical (unpaired) electrons. The van der Waals surface area contributed by atoms with Gasteiger partial charge in [0, 0.05) is 13.2 Å². The van der Waals surface area contributed by atoms with Crippen LogP contribution >= 0.6 is 0 Å². The number of methoxy groups -OCH3 is 1. The SMILES string of the molecule is CO[C@@H]1C[C@@H](C)C[C@H](O[Si](C)(C)C)C1. The van der Waals surface area contributed by atoms with Crippen LogP contribution in [0.2, 0.25) is 19.6 Å². The number of hydrogen-bond acceptors (Lipinski definition) is 2. The number of ether oxygens (including phenoxy) is 1. The zero-order valence-electron chi connectivity index (χ0n) is 10.2. The van der Waals surface area contributed by atoms with Crippen molar-refractivity contribution in [3.05, 3.63) is 0 Å². The maximum Gasteiger partial charge on any atom is 0.184 e. The molecule has 1 fully saturated rings. The quantitative estimate of drug-likeness (QED) is 0.675. The molecule has 0 N–H and O–H groups in total. The van der Waals surface area contributed by atoms with E-state index in [1.165, 1.54) is 12.8 Å². The summed E-state index contributed by atoms with van der Waals surface area (Å²) >= 11 is 0. The molecule has 0 aromatic rings. The van der Waals surface area contributed by atoms with E-state index in [1.54, 1.807) is 0 Å². The van der Waals surface area contributed by atoms with Gasteiger partial charge in [-0.2, -0.15) is 0 Å². The Morgan fingerprint density at radius 3 is 2.07 bits per heavy atom. The first kappa shape index (κ1) is 12.2. The van der Waals surface area contributed by atoms with Gasteiger partial charge in [-0.05, 0) is 44.8 Å². The van der Waals surface area contributed by atoms with Crippen LogP contribution in [0.1, 0.15) is 26.2 Å². The highest BCUT2D eigenvalue weighted by atomic mass is 28.4. The summed E-state index contributed by atoms with van der Waals surface area (Å²) in [5.74, 6) is 0.745. The van der Waals surface area contributed by atoms with Crippen molar-refractivity contribution in [3.8, 4) is 0 Å². The highest BCUT2D eigenvalue weighted by Gasteiger charge is 2.30. The normalized spacial score (nSPS) is 34.5.